The Bertz CT molecular complexity index is 358. The molecule has 0 aromatic heterocycles. The minimum atomic E-state index is 0.487. The molecule has 102 valence electrons. The quantitative estimate of drug-likeness (QED) is 0.663. The van der Waals surface area contributed by atoms with Gasteiger partial charge in [0.2, 0.25) is 0 Å². The molecule has 0 aliphatic rings. The summed E-state index contributed by atoms with van der Waals surface area (Å²) < 4.78 is 0. The van der Waals surface area contributed by atoms with Crippen molar-refractivity contribution in [2.75, 3.05) is 5.32 Å². The van der Waals surface area contributed by atoms with E-state index < -0.39 is 0 Å². The van der Waals surface area contributed by atoms with E-state index in [2.05, 4.69) is 39.1 Å². The van der Waals surface area contributed by atoms with E-state index in [4.69, 9.17) is 11.6 Å². The van der Waals surface area contributed by atoms with Crippen molar-refractivity contribution >= 4 is 17.3 Å². The highest BCUT2D eigenvalue weighted by molar-refractivity contribution is 6.30. The van der Waals surface area contributed by atoms with Gasteiger partial charge < -0.3 is 5.32 Å². The van der Waals surface area contributed by atoms with Gasteiger partial charge in [0.15, 0.2) is 0 Å². The molecule has 1 nitrogen and oxygen atoms in total. The summed E-state index contributed by atoms with van der Waals surface area (Å²) in [6.45, 7) is 9.21. The van der Waals surface area contributed by atoms with Crippen LogP contribution in [0, 0.1) is 5.41 Å². The molecule has 0 aliphatic carbocycles. The second-order valence-electron chi connectivity index (χ2n) is 5.61. The van der Waals surface area contributed by atoms with Crippen molar-refractivity contribution in [1.29, 1.82) is 0 Å². The second-order valence-corrected chi connectivity index (χ2v) is 6.05. The molecular formula is C16H26ClN. The molecule has 0 aliphatic heterocycles. The number of nitrogens with one attached hydrogen (secondary N) is 1. The van der Waals surface area contributed by atoms with Crippen molar-refractivity contribution in [2.24, 2.45) is 5.41 Å². The molecule has 1 rings (SSSR count). The summed E-state index contributed by atoms with van der Waals surface area (Å²) in [4.78, 5) is 0. The van der Waals surface area contributed by atoms with E-state index >= 15 is 0 Å². The zero-order valence-electron chi connectivity index (χ0n) is 12.1. The lowest BCUT2D eigenvalue weighted by Gasteiger charge is -2.28. The van der Waals surface area contributed by atoms with Crippen molar-refractivity contribution in [1.82, 2.24) is 0 Å². The summed E-state index contributed by atoms with van der Waals surface area (Å²) >= 11 is 5.98. The molecule has 2 heteroatoms. The lowest BCUT2D eigenvalue weighted by molar-refractivity contribution is 0.261. The van der Waals surface area contributed by atoms with Crippen LogP contribution in [0.4, 0.5) is 5.69 Å². The maximum absolute atomic E-state index is 5.98. The second kappa shape index (κ2) is 7.04. The molecule has 0 saturated carbocycles. The fraction of sp³-hybridized carbons (Fsp3) is 0.625. The maximum atomic E-state index is 5.98. The maximum Gasteiger partial charge on any atom is 0.0426 e. The van der Waals surface area contributed by atoms with Crippen molar-refractivity contribution in [3.63, 3.8) is 0 Å². The van der Waals surface area contributed by atoms with Crippen LogP contribution in [-0.2, 0) is 0 Å². The van der Waals surface area contributed by atoms with Gasteiger partial charge in [0.05, 0.1) is 0 Å². The van der Waals surface area contributed by atoms with E-state index in [1.54, 1.807) is 0 Å². The molecular weight excluding hydrogens is 242 g/mol. The van der Waals surface area contributed by atoms with Crippen molar-refractivity contribution in [3.05, 3.63) is 29.3 Å². The molecule has 1 unspecified atom stereocenters. The minimum Gasteiger partial charge on any atom is -0.383 e. The Morgan fingerprint density at radius 1 is 1.28 bits per heavy atom. The molecule has 0 amide bonds. The average Bonchev–Trinajstić information content (AvgIpc) is 2.36. The Morgan fingerprint density at radius 2 is 1.94 bits per heavy atom. The third kappa shape index (κ3) is 4.89. The van der Waals surface area contributed by atoms with Crippen molar-refractivity contribution in [3.8, 4) is 0 Å². The third-order valence-corrected chi connectivity index (χ3v) is 4.36. The molecule has 0 fully saturated rings. The fourth-order valence-corrected chi connectivity index (χ4v) is 2.29. The van der Waals surface area contributed by atoms with E-state index in [0.29, 0.717) is 11.5 Å². The SMILES string of the molecule is CCC(C)(CC)CCC(C)Nc1cccc(Cl)c1. The number of anilines is 1. The van der Waals surface area contributed by atoms with E-state index in [9.17, 15) is 0 Å². The molecule has 0 spiro atoms. The van der Waals surface area contributed by atoms with Crippen LogP contribution < -0.4 is 5.32 Å². The van der Waals surface area contributed by atoms with Gasteiger partial charge in [-0.2, -0.15) is 0 Å². The Balaban J connectivity index is 2.45. The van der Waals surface area contributed by atoms with Crippen LogP contribution in [0.15, 0.2) is 24.3 Å². The molecule has 0 heterocycles. The van der Waals surface area contributed by atoms with Gasteiger partial charge in [0.25, 0.3) is 0 Å². The van der Waals surface area contributed by atoms with Crippen molar-refractivity contribution in [2.45, 2.75) is 59.4 Å². The first-order chi connectivity index (χ1) is 8.49. The molecule has 1 aromatic rings. The van der Waals surface area contributed by atoms with Gasteiger partial charge >= 0.3 is 0 Å². The van der Waals surface area contributed by atoms with Crippen LogP contribution in [0.2, 0.25) is 5.02 Å². The Morgan fingerprint density at radius 3 is 2.50 bits per heavy atom. The molecule has 0 radical (unpaired) electrons. The predicted octanol–water partition coefficient (Wildman–Crippen LogP) is 5.75. The summed E-state index contributed by atoms with van der Waals surface area (Å²) in [5.41, 5.74) is 1.61. The fourth-order valence-electron chi connectivity index (χ4n) is 2.10. The van der Waals surface area contributed by atoms with Crippen molar-refractivity contribution < 1.29 is 0 Å². The standard InChI is InChI=1S/C16H26ClN/c1-5-16(4,6-2)11-10-13(3)18-15-9-7-8-14(17)12-15/h7-9,12-13,18H,5-6,10-11H2,1-4H3. The summed E-state index contributed by atoms with van der Waals surface area (Å²) in [6, 6.07) is 8.43. The largest absolute Gasteiger partial charge is 0.383 e. The first kappa shape index (κ1) is 15.4. The number of hydrogen-bond acceptors (Lipinski definition) is 1. The van der Waals surface area contributed by atoms with E-state index in [1.165, 1.54) is 25.7 Å². The number of hydrogen-bond donors (Lipinski definition) is 1. The number of halogens is 1. The van der Waals surface area contributed by atoms with Crippen LogP contribution in [0.3, 0.4) is 0 Å². The predicted molar refractivity (Wildman–Crippen MR) is 82.5 cm³/mol. The summed E-state index contributed by atoms with van der Waals surface area (Å²) in [5.74, 6) is 0. The highest BCUT2D eigenvalue weighted by Gasteiger charge is 2.20. The van der Waals surface area contributed by atoms with Gasteiger partial charge in [-0.05, 0) is 43.4 Å². The molecule has 1 N–H and O–H groups in total. The van der Waals surface area contributed by atoms with Crippen LogP contribution in [0.25, 0.3) is 0 Å². The summed E-state index contributed by atoms with van der Waals surface area (Å²) in [6.07, 6.45) is 4.99. The van der Waals surface area contributed by atoms with Crippen LogP contribution in [-0.4, -0.2) is 6.04 Å². The van der Waals surface area contributed by atoms with Gasteiger partial charge in [-0.25, -0.2) is 0 Å². The molecule has 1 atom stereocenters. The van der Waals surface area contributed by atoms with E-state index in [-0.39, 0.29) is 0 Å². The third-order valence-electron chi connectivity index (χ3n) is 4.13. The first-order valence-corrected chi connectivity index (χ1v) is 7.39. The summed E-state index contributed by atoms with van der Waals surface area (Å²) in [5, 5.41) is 4.31. The topological polar surface area (TPSA) is 12.0 Å². The van der Waals surface area contributed by atoms with Gasteiger partial charge in [-0.3, -0.25) is 0 Å². The lowest BCUT2D eigenvalue weighted by atomic mass is 9.79. The van der Waals surface area contributed by atoms with Gasteiger partial charge in [-0.15, -0.1) is 0 Å². The van der Waals surface area contributed by atoms with Crippen LogP contribution in [0.1, 0.15) is 53.4 Å². The molecule has 18 heavy (non-hydrogen) atoms. The highest BCUT2D eigenvalue weighted by Crippen LogP contribution is 2.31. The number of rotatable bonds is 7. The van der Waals surface area contributed by atoms with Gasteiger partial charge in [0.1, 0.15) is 0 Å². The molecule has 1 aromatic carbocycles. The monoisotopic (exact) mass is 267 g/mol. The van der Waals surface area contributed by atoms with E-state index in [0.717, 1.165) is 10.7 Å². The highest BCUT2D eigenvalue weighted by atomic mass is 35.5. The normalized spacial score (nSPS) is 13.4. The first-order valence-electron chi connectivity index (χ1n) is 7.01. The van der Waals surface area contributed by atoms with Gasteiger partial charge in [0, 0.05) is 16.8 Å². The smallest absolute Gasteiger partial charge is 0.0426 e. The lowest BCUT2D eigenvalue weighted by Crippen LogP contribution is -2.21. The van der Waals surface area contributed by atoms with Gasteiger partial charge in [-0.1, -0.05) is 51.3 Å². The van der Waals surface area contributed by atoms with E-state index in [1.807, 2.05) is 18.2 Å². The van der Waals surface area contributed by atoms with Crippen LogP contribution >= 0.6 is 11.6 Å². The minimum absolute atomic E-state index is 0.487. The Labute approximate surface area is 117 Å². The van der Waals surface area contributed by atoms with Crippen LogP contribution in [0.5, 0.6) is 0 Å². The summed E-state index contributed by atoms with van der Waals surface area (Å²) in [7, 11) is 0. The Kier molecular flexibility index (Phi) is 6.01. The Hall–Kier alpha value is -0.690. The molecule has 0 saturated heterocycles. The molecule has 0 bridgehead atoms. The zero-order valence-corrected chi connectivity index (χ0v) is 12.8. The average molecular weight is 268 g/mol. The zero-order chi connectivity index (χ0) is 13.6. The number of benzene rings is 1.